The number of nitrogens with zero attached hydrogens (tertiary/aromatic N) is 2. The molecule has 0 heterocycles. The summed E-state index contributed by atoms with van der Waals surface area (Å²) in [6, 6.07) is 11.9. The molecule has 0 aromatic heterocycles. The first-order chi connectivity index (χ1) is 12.9. The first-order valence-electron chi connectivity index (χ1n) is 8.46. The van der Waals surface area contributed by atoms with E-state index in [2.05, 4.69) is 0 Å². The van der Waals surface area contributed by atoms with Gasteiger partial charge in [0.05, 0.1) is 10.5 Å². The normalized spacial score (nSPS) is 9.83. The third-order valence-corrected chi connectivity index (χ3v) is 4.28. The van der Waals surface area contributed by atoms with E-state index >= 15 is 0 Å². The van der Waals surface area contributed by atoms with Crippen molar-refractivity contribution < 1.29 is 14.5 Å². The Kier molecular flexibility index (Phi) is 12.5. The van der Waals surface area contributed by atoms with Crippen LogP contribution in [0.5, 0.6) is 0 Å². The van der Waals surface area contributed by atoms with Gasteiger partial charge < -0.3 is 0 Å². The Morgan fingerprint density at radius 2 is 1.53 bits per heavy atom. The second kappa shape index (κ2) is 12.5. The lowest BCUT2D eigenvalue weighted by atomic mass is 10.0. The summed E-state index contributed by atoms with van der Waals surface area (Å²) in [5.41, 5.74) is 1.03. The van der Waals surface area contributed by atoms with E-state index in [0.717, 1.165) is 10.6 Å². The van der Waals surface area contributed by atoms with Gasteiger partial charge in [-0.3, -0.25) is 24.7 Å². The van der Waals surface area contributed by atoms with Crippen molar-refractivity contribution in [2.45, 2.75) is 40.2 Å². The molecule has 166 valence electrons. The summed E-state index contributed by atoms with van der Waals surface area (Å²) in [7, 11) is 0. The lowest BCUT2D eigenvalue weighted by Gasteiger charge is -2.31. The Morgan fingerprint density at radius 3 is 1.90 bits per heavy atom. The van der Waals surface area contributed by atoms with Crippen LogP contribution in [0.1, 0.15) is 52.6 Å². The molecule has 1 amide bonds. The van der Waals surface area contributed by atoms with E-state index in [1.165, 1.54) is 6.07 Å². The summed E-state index contributed by atoms with van der Waals surface area (Å²) >= 11 is 5.16. The van der Waals surface area contributed by atoms with Crippen molar-refractivity contribution in [1.29, 1.82) is 0 Å². The number of aryl methyl sites for hydroxylation is 1. The number of hydrogen-bond donors (Lipinski definition) is 1. The fraction of sp³-hybridized carbons (Fsp3) is 0.300. The maximum absolute atomic E-state index is 12.3. The molecule has 2 aromatic rings. The number of nitrogens with two attached hydrogens (primary N) is 1. The molecule has 2 aromatic carbocycles. The van der Waals surface area contributed by atoms with Crippen LogP contribution >= 0.6 is 36.4 Å². The second-order valence-electron chi connectivity index (χ2n) is 7.15. The molecular weight excluding hydrogens is 453 g/mol. The predicted octanol–water partition coefficient (Wildman–Crippen LogP) is 5.24. The van der Waals surface area contributed by atoms with Crippen LogP contribution in [0.25, 0.3) is 0 Å². The van der Waals surface area contributed by atoms with Crippen LogP contribution < -0.4 is 5.84 Å². The number of amides is 1. The zero-order chi connectivity index (χ0) is 21.6. The highest BCUT2D eigenvalue weighted by atomic mass is 35.5. The molecule has 0 atom stereocenters. The van der Waals surface area contributed by atoms with E-state index < -0.39 is 21.6 Å². The molecule has 30 heavy (non-hydrogen) atoms. The lowest BCUT2D eigenvalue weighted by molar-refractivity contribution is -0.385. The zero-order valence-electron chi connectivity index (χ0n) is 17.3. The van der Waals surface area contributed by atoms with Gasteiger partial charge >= 0.3 is 0 Å². The molecule has 0 radical (unpaired) electrons. The van der Waals surface area contributed by atoms with Crippen LogP contribution in [-0.4, -0.2) is 26.6 Å². The van der Waals surface area contributed by atoms with Crippen LogP contribution in [0.3, 0.4) is 0 Å². The van der Waals surface area contributed by atoms with Crippen molar-refractivity contribution in [2.24, 2.45) is 5.84 Å². The summed E-state index contributed by atoms with van der Waals surface area (Å²) in [6.45, 7) is 8.68. The SMILES string of the molecule is Cc1ccc(C(=O)N(N)C(C)(C)C)c([N+](=O)[O-])c1C.Cl.Cl.O=C(Cl)c1ccccc1. The molecule has 0 unspecified atom stereocenters. The van der Waals surface area contributed by atoms with Gasteiger partial charge in [0, 0.05) is 11.1 Å². The zero-order valence-corrected chi connectivity index (χ0v) is 19.7. The van der Waals surface area contributed by atoms with E-state index in [1.54, 1.807) is 65.0 Å². The summed E-state index contributed by atoms with van der Waals surface area (Å²) in [6.07, 6.45) is 0. The first kappa shape index (κ1) is 30.0. The fourth-order valence-electron chi connectivity index (χ4n) is 2.21. The average molecular weight is 479 g/mol. The molecule has 0 aliphatic carbocycles. The summed E-state index contributed by atoms with van der Waals surface area (Å²) in [4.78, 5) is 33.3. The first-order valence-corrected chi connectivity index (χ1v) is 8.84. The average Bonchev–Trinajstić information content (AvgIpc) is 2.62. The molecule has 0 aliphatic heterocycles. The summed E-state index contributed by atoms with van der Waals surface area (Å²) in [5, 5.41) is 11.8. The molecular formula is C20H26Cl3N3O4. The molecule has 2 rings (SSSR count). The van der Waals surface area contributed by atoms with Gasteiger partial charge in [0.1, 0.15) is 5.56 Å². The second-order valence-corrected chi connectivity index (χ2v) is 7.49. The monoisotopic (exact) mass is 477 g/mol. The van der Waals surface area contributed by atoms with E-state index in [9.17, 15) is 19.7 Å². The number of rotatable bonds is 3. The minimum absolute atomic E-state index is 0. The Morgan fingerprint density at radius 1 is 1.03 bits per heavy atom. The van der Waals surface area contributed by atoms with Gasteiger partial charge in [0.2, 0.25) is 0 Å². The van der Waals surface area contributed by atoms with Crippen LogP contribution in [0.2, 0.25) is 0 Å². The van der Waals surface area contributed by atoms with Crippen molar-refractivity contribution >= 4 is 53.3 Å². The van der Waals surface area contributed by atoms with Crippen LogP contribution in [-0.2, 0) is 0 Å². The highest BCUT2D eigenvalue weighted by molar-refractivity contribution is 6.67. The molecule has 7 nitrogen and oxygen atoms in total. The Balaban J connectivity index is 0. The smallest absolute Gasteiger partial charge is 0.276 e. The van der Waals surface area contributed by atoms with Gasteiger partial charge in [-0.25, -0.2) is 5.84 Å². The van der Waals surface area contributed by atoms with Crippen molar-refractivity contribution in [3.05, 3.63) is 74.8 Å². The highest BCUT2D eigenvalue weighted by Gasteiger charge is 2.31. The molecule has 2 N–H and O–H groups in total. The van der Waals surface area contributed by atoms with E-state index in [4.69, 9.17) is 17.4 Å². The summed E-state index contributed by atoms with van der Waals surface area (Å²) in [5.74, 6) is 5.19. The van der Waals surface area contributed by atoms with Crippen LogP contribution in [0, 0.1) is 24.0 Å². The van der Waals surface area contributed by atoms with E-state index in [0.29, 0.717) is 11.1 Å². The van der Waals surface area contributed by atoms with E-state index in [-0.39, 0.29) is 36.1 Å². The molecule has 0 saturated heterocycles. The molecule has 0 bridgehead atoms. The van der Waals surface area contributed by atoms with E-state index in [1.807, 2.05) is 6.07 Å². The maximum atomic E-state index is 12.3. The minimum atomic E-state index is -0.607. The van der Waals surface area contributed by atoms with Crippen molar-refractivity contribution in [1.82, 2.24) is 5.01 Å². The molecule has 0 saturated carbocycles. The topological polar surface area (TPSA) is 107 Å². The Hall–Kier alpha value is -2.19. The summed E-state index contributed by atoms with van der Waals surface area (Å²) < 4.78 is 0. The minimum Gasteiger partial charge on any atom is -0.276 e. The maximum Gasteiger partial charge on any atom is 0.285 e. The van der Waals surface area contributed by atoms with Crippen LogP contribution in [0.15, 0.2) is 42.5 Å². The number of nitro groups is 1. The molecule has 0 spiro atoms. The Bertz CT molecular complexity index is 885. The van der Waals surface area contributed by atoms with Gasteiger partial charge in [-0.05, 0) is 57.8 Å². The lowest BCUT2D eigenvalue weighted by Crippen LogP contribution is -2.50. The van der Waals surface area contributed by atoms with Gasteiger partial charge in [-0.2, -0.15) is 0 Å². The van der Waals surface area contributed by atoms with Gasteiger partial charge in [-0.1, -0.05) is 36.4 Å². The fourth-order valence-corrected chi connectivity index (χ4v) is 2.34. The largest absolute Gasteiger partial charge is 0.285 e. The molecule has 0 aliphatic rings. The number of carbonyl (C=O) groups is 2. The standard InChI is InChI=1S/C13H19N3O3.C7H5ClO.2ClH/c1-8-6-7-10(11(9(8)2)16(18)19)12(17)15(14)13(3,4)5;8-7(9)6-4-2-1-3-5-6;;/h6-7H,14H2,1-5H3;1-5H;2*1H. The predicted molar refractivity (Wildman–Crippen MR) is 124 cm³/mol. The van der Waals surface area contributed by atoms with Crippen molar-refractivity contribution in [3.63, 3.8) is 0 Å². The van der Waals surface area contributed by atoms with Gasteiger partial charge in [0.25, 0.3) is 16.8 Å². The number of nitro benzene ring substituents is 1. The van der Waals surface area contributed by atoms with Crippen molar-refractivity contribution in [3.8, 4) is 0 Å². The third-order valence-electron chi connectivity index (χ3n) is 4.06. The van der Waals surface area contributed by atoms with Crippen LogP contribution in [0.4, 0.5) is 5.69 Å². The van der Waals surface area contributed by atoms with Gasteiger partial charge in [0.15, 0.2) is 0 Å². The highest BCUT2D eigenvalue weighted by Crippen LogP contribution is 2.28. The number of halogens is 3. The Labute approximate surface area is 193 Å². The van der Waals surface area contributed by atoms with Gasteiger partial charge in [-0.15, -0.1) is 24.8 Å². The molecule has 10 heteroatoms. The number of hydrazine groups is 1. The van der Waals surface area contributed by atoms with Crippen molar-refractivity contribution in [2.75, 3.05) is 0 Å². The molecule has 0 fully saturated rings. The third kappa shape index (κ3) is 7.91. The number of hydrogen-bond acceptors (Lipinski definition) is 5. The quantitative estimate of drug-likeness (QED) is 0.213. The number of benzene rings is 2. The number of carbonyl (C=O) groups excluding carboxylic acids is 2.